The summed E-state index contributed by atoms with van der Waals surface area (Å²) in [5, 5.41) is 26.8. The van der Waals surface area contributed by atoms with E-state index in [1.54, 1.807) is 6.08 Å². The maximum absolute atomic E-state index is 14.4. The number of nitrogens with one attached hydrogen (secondary N) is 1. The van der Waals surface area contributed by atoms with Gasteiger partial charge >= 0.3 is 0 Å². The highest BCUT2D eigenvalue weighted by atomic mass is 16.3. The topological polar surface area (TPSA) is 86.6 Å². The summed E-state index contributed by atoms with van der Waals surface area (Å²) in [6, 6.07) is 29.3. The molecule has 53 heavy (non-hydrogen) atoms. The van der Waals surface area contributed by atoms with E-state index in [0.717, 1.165) is 29.5 Å². The molecular formula is C48H69NO4. The van der Waals surface area contributed by atoms with E-state index in [0.29, 0.717) is 6.42 Å². The molecule has 3 aromatic rings. The number of allylic oxidation sites excluding steroid dienone is 1. The van der Waals surface area contributed by atoms with Crippen molar-refractivity contribution in [2.45, 2.75) is 154 Å². The maximum atomic E-state index is 14.4. The van der Waals surface area contributed by atoms with Gasteiger partial charge in [0.15, 0.2) is 11.6 Å². The highest BCUT2D eigenvalue weighted by Crippen LogP contribution is 2.38. The molecule has 5 heteroatoms. The third-order valence-corrected chi connectivity index (χ3v) is 10.9. The molecule has 0 radical (unpaired) electrons. The molecule has 0 spiro atoms. The van der Waals surface area contributed by atoms with Crippen LogP contribution in [0, 0.1) is 11.8 Å². The van der Waals surface area contributed by atoms with Crippen LogP contribution in [0.15, 0.2) is 104 Å². The standard InChI is InChI=1S/C48H69NO4/c1-5-7-8-9-10-11-12-13-14-15-16-17-18-19-29-37-43(50)45(51)42(30-6-2)46(52)47(53)44(38(3)4)49-48(39-31-23-20-24-32-39,40-33-25-21-26-34-40)41-35-27-22-28-36-41/h6,20-28,31-36,38,42,44-46,49,51-52H,2,5,7-19,29-30,37H2,1,3-4H3/t42?,44-,45?,46?/m0/s1. The lowest BCUT2D eigenvalue weighted by molar-refractivity contribution is -0.141. The molecule has 0 bridgehead atoms. The van der Waals surface area contributed by atoms with Crippen molar-refractivity contribution in [2.75, 3.05) is 0 Å². The first kappa shape index (κ1) is 44.0. The van der Waals surface area contributed by atoms with E-state index < -0.39 is 35.5 Å². The van der Waals surface area contributed by atoms with Gasteiger partial charge in [-0.05, 0) is 35.4 Å². The zero-order valence-electron chi connectivity index (χ0n) is 33.1. The summed E-state index contributed by atoms with van der Waals surface area (Å²) in [5.74, 6) is -1.96. The third kappa shape index (κ3) is 13.8. The van der Waals surface area contributed by atoms with Crippen molar-refractivity contribution in [3.05, 3.63) is 120 Å². The van der Waals surface area contributed by atoms with Crippen LogP contribution in [0.3, 0.4) is 0 Å². The molecule has 0 heterocycles. The lowest BCUT2D eigenvalue weighted by atomic mass is 9.75. The Morgan fingerprint density at radius 3 is 1.36 bits per heavy atom. The van der Waals surface area contributed by atoms with E-state index in [1.165, 1.54) is 77.0 Å². The van der Waals surface area contributed by atoms with Crippen molar-refractivity contribution in [3.8, 4) is 0 Å². The van der Waals surface area contributed by atoms with Gasteiger partial charge in [0.05, 0.1) is 11.6 Å². The predicted octanol–water partition coefficient (Wildman–Crippen LogP) is 10.9. The van der Waals surface area contributed by atoms with Crippen LogP contribution in [0.25, 0.3) is 0 Å². The van der Waals surface area contributed by atoms with Gasteiger partial charge in [-0.1, -0.05) is 208 Å². The normalized spacial score (nSPS) is 14.1. The molecule has 0 aromatic heterocycles. The zero-order valence-corrected chi connectivity index (χ0v) is 33.1. The van der Waals surface area contributed by atoms with Crippen LogP contribution in [0.5, 0.6) is 0 Å². The first-order chi connectivity index (χ1) is 25.8. The Hall–Kier alpha value is -3.38. The van der Waals surface area contributed by atoms with Crippen LogP contribution in [-0.2, 0) is 15.1 Å². The van der Waals surface area contributed by atoms with E-state index in [9.17, 15) is 19.8 Å². The van der Waals surface area contributed by atoms with E-state index in [2.05, 4.69) is 18.8 Å². The van der Waals surface area contributed by atoms with Crippen molar-refractivity contribution in [1.29, 1.82) is 0 Å². The molecule has 3 aromatic carbocycles. The minimum atomic E-state index is -1.56. The molecule has 0 fully saturated rings. The van der Waals surface area contributed by atoms with Crippen molar-refractivity contribution < 1.29 is 19.8 Å². The van der Waals surface area contributed by atoms with Crippen LogP contribution in [0.4, 0.5) is 0 Å². The van der Waals surface area contributed by atoms with Gasteiger partial charge in [0.25, 0.3) is 0 Å². The van der Waals surface area contributed by atoms with Gasteiger partial charge in [0.2, 0.25) is 0 Å². The summed E-state index contributed by atoms with van der Waals surface area (Å²) in [5.41, 5.74) is 1.93. The molecule has 0 saturated heterocycles. The number of rotatable bonds is 29. The summed E-state index contributed by atoms with van der Waals surface area (Å²) >= 11 is 0. The molecule has 3 N–H and O–H groups in total. The number of hydrogen-bond acceptors (Lipinski definition) is 5. The smallest absolute Gasteiger partial charge is 0.178 e. The van der Waals surface area contributed by atoms with Crippen LogP contribution < -0.4 is 5.32 Å². The molecule has 0 saturated carbocycles. The minimum absolute atomic E-state index is 0.144. The summed E-state index contributed by atoms with van der Waals surface area (Å²) in [6.07, 6.45) is 17.5. The number of benzene rings is 3. The lowest BCUT2D eigenvalue weighted by Crippen LogP contribution is -2.58. The van der Waals surface area contributed by atoms with Gasteiger partial charge in [0.1, 0.15) is 12.2 Å². The predicted molar refractivity (Wildman–Crippen MR) is 221 cm³/mol. The molecule has 3 unspecified atom stereocenters. The Morgan fingerprint density at radius 2 is 1.00 bits per heavy atom. The molecule has 0 aliphatic rings. The Bertz CT molecular complexity index is 1330. The molecule has 3 rings (SSSR count). The number of aliphatic hydroxyl groups excluding tert-OH is 2. The van der Waals surface area contributed by atoms with Gasteiger partial charge in [-0.15, -0.1) is 6.58 Å². The number of Topliss-reactive ketones (excluding diaryl/α,β-unsaturated/α-hetero) is 2. The second-order valence-electron chi connectivity index (χ2n) is 15.4. The second-order valence-corrected chi connectivity index (χ2v) is 15.4. The van der Waals surface area contributed by atoms with Gasteiger partial charge < -0.3 is 10.2 Å². The highest BCUT2D eigenvalue weighted by Gasteiger charge is 2.44. The fourth-order valence-corrected chi connectivity index (χ4v) is 7.69. The second kappa shape index (κ2) is 24.8. The SMILES string of the molecule is C=CCC(C(O)C(=O)CCCCCCCCCCCCCCCCC)C(O)C(=O)[C@@H](NC(c1ccccc1)(c1ccccc1)c1ccccc1)C(C)C. The zero-order chi connectivity index (χ0) is 38.3. The largest absolute Gasteiger partial charge is 0.385 e. The van der Waals surface area contributed by atoms with Crippen LogP contribution in [0.1, 0.15) is 147 Å². The van der Waals surface area contributed by atoms with Crippen LogP contribution in [0.2, 0.25) is 0 Å². The van der Waals surface area contributed by atoms with E-state index in [1.807, 2.05) is 105 Å². The van der Waals surface area contributed by atoms with Crippen LogP contribution >= 0.6 is 0 Å². The average molecular weight is 724 g/mol. The van der Waals surface area contributed by atoms with Crippen molar-refractivity contribution >= 4 is 11.6 Å². The highest BCUT2D eigenvalue weighted by molar-refractivity contribution is 5.90. The quantitative estimate of drug-likeness (QED) is 0.0377. The van der Waals surface area contributed by atoms with Crippen molar-refractivity contribution in [2.24, 2.45) is 11.8 Å². The molecule has 0 amide bonds. The maximum Gasteiger partial charge on any atom is 0.178 e. The number of hydrogen-bond donors (Lipinski definition) is 3. The lowest BCUT2D eigenvalue weighted by Gasteiger charge is -2.41. The molecule has 4 atom stereocenters. The van der Waals surface area contributed by atoms with Crippen LogP contribution in [-0.4, -0.2) is 40.0 Å². The molecule has 290 valence electrons. The Labute approximate surface area is 321 Å². The number of carbonyl (C=O) groups excluding carboxylic acids is 2. The molecule has 0 aliphatic carbocycles. The van der Waals surface area contributed by atoms with E-state index in [-0.39, 0.29) is 24.5 Å². The number of carbonyl (C=O) groups is 2. The van der Waals surface area contributed by atoms with Crippen molar-refractivity contribution in [3.63, 3.8) is 0 Å². The summed E-state index contributed by atoms with van der Waals surface area (Å²) < 4.78 is 0. The number of aliphatic hydroxyl groups is 2. The Balaban J connectivity index is 1.62. The average Bonchev–Trinajstić information content (AvgIpc) is 3.19. The summed E-state index contributed by atoms with van der Waals surface area (Å²) in [4.78, 5) is 27.7. The molecule has 5 nitrogen and oxygen atoms in total. The fraction of sp³-hybridized carbons (Fsp3) is 0.542. The summed E-state index contributed by atoms with van der Waals surface area (Å²) in [7, 11) is 0. The third-order valence-electron chi connectivity index (χ3n) is 10.9. The summed E-state index contributed by atoms with van der Waals surface area (Å²) in [6.45, 7) is 10.00. The number of unbranched alkanes of at least 4 members (excludes halogenated alkanes) is 14. The van der Waals surface area contributed by atoms with Gasteiger partial charge in [-0.2, -0.15) is 0 Å². The monoisotopic (exact) mass is 724 g/mol. The van der Waals surface area contributed by atoms with Crippen molar-refractivity contribution in [1.82, 2.24) is 5.32 Å². The van der Waals surface area contributed by atoms with E-state index >= 15 is 0 Å². The molecular weight excluding hydrogens is 655 g/mol. The van der Waals surface area contributed by atoms with Gasteiger partial charge in [-0.25, -0.2) is 0 Å². The fourth-order valence-electron chi connectivity index (χ4n) is 7.69. The first-order valence-electron chi connectivity index (χ1n) is 20.8. The Morgan fingerprint density at radius 1 is 0.623 bits per heavy atom. The first-order valence-corrected chi connectivity index (χ1v) is 20.8. The van der Waals surface area contributed by atoms with Gasteiger partial charge in [0, 0.05) is 12.3 Å². The Kier molecular flexibility index (Phi) is 20.6. The minimum Gasteiger partial charge on any atom is -0.385 e. The van der Waals surface area contributed by atoms with E-state index in [4.69, 9.17) is 0 Å². The van der Waals surface area contributed by atoms with Gasteiger partial charge in [-0.3, -0.25) is 14.9 Å². The molecule has 0 aliphatic heterocycles. The number of ketones is 2.